The Bertz CT molecular complexity index is 726. The number of aryl methyl sites for hydroxylation is 1. The normalized spacial score (nSPS) is 11.9. The van der Waals surface area contributed by atoms with Crippen molar-refractivity contribution in [2.75, 3.05) is 6.61 Å². The van der Waals surface area contributed by atoms with Gasteiger partial charge in [-0.2, -0.15) is 0 Å². The zero-order valence-electron chi connectivity index (χ0n) is 12.0. The van der Waals surface area contributed by atoms with Crippen LogP contribution >= 0.6 is 0 Å². The molecule has 0 aliphatic rings. The summed E-state index contributed by atoms with van der Waals surface area (Å²) in [7, 11) is 0. The molecular weight excluding hydrogens is 288 g/mol. The summed E-state index contributed by atoms with van der Waals surface area (Å²) in [6.07, 6.45) is 0.151. The molecule has 0 bridgehead atoms. The van der Waals surface area contributed by atoms with Gasteiger partial charge in [0.05, 0.1) is 17.7 Å². The second-order valence-corrected chi connectivity index (χ2v) is 4.92. The maximum atomic E-state index is 11.6. The van der Waals surface area contributed by atoms with Crippen molar-refractivity contribution in [1.82, 2.24) is 4.57 Å². The van der Waals surface area contributed by atoms with Crippen LogP contribution in [0.3, 0.4) is 0 Å². The Kier molecular flexibility index (Phi) is 4.90. The molecule has 0 saturated carbocycles. The van der Waals surface area contributed by atoms with Crippen LogP contribution in [0.15, 0.2) is 47.4 Å². The third kappa shape index (κ3) is 4.16. The van der Waals surface area contributed by atoms with E-state index in [0.29, 0.717) is 5.75 Å². The molecule has 0 aliphatic heterocycles. The Morgan fingerprint density at radius 2 is 2.14 bits per heavy atom. The molecule has 0 aliphatic carbocycles. The SMILES string of the molecule is Cc1cccc(OCC(O)Cn2cc([N+](=O)[O-])ccc2=O)c1. The molecule has 22 heavy (non-hydrogen) atoms. The fourth-order valence-corrected chi connectivity index (χ4v) is 1.95. The zero-order chi connectivity index (χ0) is 16.1. The highest BCUT2D eigenvalue weighted by Crippen LogP contribution is 2.13. The summed E-state index contributed by atoms with van der Waals surface area (Å²) >= 11 is 0. The molecule has 116 valence electrons. The number of aliphatic hydroxyl groups is 1. The molecule has 0 fully saturated rings. The van der Waals surface area contributed by atoms with Crippen molar-refractivity contribution in [2.45, 2.75) is 19.6 Å². The van der Waals surface area contributed by atoms with Crippen LogP contribution in [0.4, 0.5) is 5.69 Å². The Labute approximate surface area is 126 Å². The largest absolute Gasteiger partial charge is 0.491 e. The zero-order valence-corrected chi connectivity index (χ0v) is 12.0. The maximum absolute atomic E-state index is 11.6. The lowest BCUT2D eigenvalue weighted by atomic mass is 10.2. The number of nitrogens with zero attached hydrogens (tertiary/aromatic N) is 2. The van der Waals surface area contributed by atoms with Crippen molar-refractivity contribution in [1.29, 1.82) is 0 Å². The van der Waals surface area contributed by atoms with E-state index in [1.807, 2.05) is 25.1 Å². The number of aromatic nitrogens is 1. The molecule has 1 aromatic heterocycles. The van der Waals surface area contributed by atoms with Crippen molar-refractivity contribution in [3.05, 3.63) is 68.6 Å². The minimum atomic E-state index is -0.958. The van der Waals surface area contributed by atoms with Crippen LogP contribution in [-0.2, 0) is 6.54 Å². The number of benzene rings is 1. The summed E-state index contributed by atoms with van der Waals surface area (Å²) < 4.78 is 6.54. The molecule has 0 spiro atoms. The van der Waals surface area contributed by atoms with E-state index in [4.69, 9.17) is 4.74 Å². The highest BCUT2D eigenvalue weighted by molar-refractivity contribution is 5.27. The highest BCUT2D eigenvalue weighted by Gasteiger charge is 2.12. The standard InChI is InChI=1S/C15H16N2O5/c1-11-3-2-4-14(7-11)22-10-13(18)9-16-8-12(17(20)21)5-6-15(16)19/h2-8,13,18H,9-10H2,1H3. The number of hydrogen-bond donors (Lipinski definition) is 1. The molecule has 7 heteroatoms. The lowest BCUT2D eigenvalue weighted by Crippen LogP contribution is -2.29. The van der Waals surface area contributed by atoms with Crippen LogP contribution in [0.2, 0.25) is 0 Å². The van der Waals surface area contributed by atoms with Crippen LogP contribution < -0.4 is 10.3 Å². The first-order valence-corrected chi connectivity index (χ1v) is 6.68. The molecule has 2 aromatic rings. The second kappa shape index (κ2) is 6.86. The van der Waals surface area contributed by atoms with Gasteiger partial charge in [0.1, 0.15) is 18.5 Å². The van der Waals surface area contributed by atoms with Gasteiger partial charge in [-0.25, -0.2) is 0 Å². The molecule has 0 saturated heterocycles. The van der Waals surface area contributed by atoms with E-state index in [-0.39, 0.29) is 18.8 Å². The molecule has 0 radical (unpaired) electrons. The molecule has 7 nitrogen and oxygen atoms in total. The Morgan fingerprint density at radius 3 is 2.82 bits per heavy atom. The minimum absolute atomic E-state index is 0.0153. The Hall–Kier alpha value is -2.67. The fourth-order valence-electron chi connectivity index (χ4n) is 1.95. The molecule has 1 unspecified atom stereocenters. The van der Waals surface area contributed by atoms with Gasteiger partial charge in [-0.3, -0.25) is 14.9 Å². The van der Waals surface area contributed by atoms with Gasteiger partial charge in [0.15, 0.2) is 0 Å². The summed E-state index contributed by atoms with van der Waals surface area (Å²) in [5.41, 5.74) is 0.411. The minimum Gasteiger partial charge on any atom is -0.491 e. The lowest BCUT2D eigenvalue weighted by Gasteiger charge is -2.14. The maximum Gasteiger partial charge on any atom is 0.285 e. The van der Waals surface area contributed by atoms with Crippen LogP contribution in [0.1, 0.15) is 5.56 Å². The summed E-state index contributed by atoms with van der Waals surface area (Å²) in [6, 6.07) is 9.58. The highest BCUT2D eigenvalue weighted by atomic mass is 16.6. The molecule has 0 amide bonds. The number of pyridine rings is 1. The van der Waals surface area contributed by atoms with Crippen LogP contribution in [0, 0.1) is 17.0 Å². The van der Waals surface area contributed by atoms with Gasteiger partial charge >= 0.3 is 0 Å². The molecule has 1 atom stereocenters. The van der Waals surface area contributed by atoms with Gasteiger partial charge in [-0.05, 0) is 24.6 Å². The van der Waals surface area contributed by atoms with Crippen molar-refractivity contribution < 1.29 is 14.8 Å². The van der Waals surface area contributed by atoms with Gasteiger partial charge in [-0.15, -0.1) is 0 Å². The van der Waals surface area contributed by atoms with Crippen molar-refractivity contribution in [3.63, 3.8) is 0 Å². The summed E-state index contributed by atoms with van der Waals surface area (Å²) in [4.78, 5) is 21.7. The van der Waals surface area contributed by atoms with Crippen LogP contribution in [0.25, 0.3) is 0 Å². The summed E-state index contributed by atoms with van der Waals surface area (Å²) in [6.45, 7) is 1.83. The topological polar surface area (TPSA) is 94.6 Å². The van der Waals surface area contributed by atoms with E-state index in [1.165, 1.54) is 0 Å². The van der Waals surface area contributed by atoms with Gasteiger partial charge in [0.25, 0.3) is 11.2 Å². The quantitative estimate of drug-likeness (QED) is 0.644. The number of aliphatic hydroxyl groups excluding tert-OH is 1. The van der Waals surface area contributed by atoms with Gasteiger partial charge < -0.3 is 14.4 Å². The van der Waals surface area contributed by atoms with Gasteiger partial charge in [0.2, 0.25) is 0 Å². The van der Waals surface area contributed by atoms with E-state index < -0.39 is 16.6 Å². The summed E-state index contributed by atoms with van der Waals surface area (Å²) in [5.74, 6) is 0.616. The average molecular weight is 304 g/mol. The second-order valence-electron chi connectivity index (χ2n) is 4.92. The molecular formula is C15H16N2O5. The van der Waals surface area contributed by atoms with Crippen LogP contribution in [-0.4, -0.2) is 27.3 Å². The van der Waals surface area contributed by atoms with Crippen LogP contribution in [0.5, 0.6) is 5.75 Å². The van der Waals surface area contributed by atoms with E-state index in [0.717, 1.165) is 28.5 Å². The molecule has 2 rings (SSSR count). The predicted octanol–water partition coefficient (Wildman–Crippen LogP) is 1.50. The third-order valence-electron chi connectivity index (χ3n) is 3.02. The monoisotopic (exact) mass is 304 g/mol. The smallest absolute Gasteiger partial charge is 0.285 e. The lowest BCUT2D eigenvalue weighted by molar-refractivity contribution is -0.385. The van der Waals surface area contributed by atoms with Gasteiger partial charge in [-0.1, -0.05) is 12.1 Å². The van der Waals surface area contributed by atoms with E-state index in [2.05, 4.69) is 0 Å². The molecule has 1 N–H and O–H groups in total. The molecule has 1 aromatic carbocycles. The number of nitro groups is 1. The van der Waals surface area contributed by atoms with E-state index in [9.17, 15) is 20.0 Å². The Balaban J connectivity index is 2.00. The van der Waals surface area contributed by atoms with Crippen molar-refractivity contribution in [3.8, 4) is 5.75 Å². The Morgan fingerprint density at radius 1 is 1.36 bits per heavy atom. The third-order valence-corrected chi connectivity index (χ3v) is 3.02. The van der Waals surface area contributed by atoms with E-state index in [1.54, 1.807) is 6.07 Å². The first-order valence-electron chi connectivity index (χ1n) is 6.68. The van der Waals surface area contributed by atoms with Crippen molar-refractivity contribution >= 4 is 5.69 Å². The van der Waals surface area contributed by atoms with Crippen molar-refractivity contribution in [2.24, 2.45) is 0 Å². The first-order chi connectivity index (χ1) is 10.5. The first kappa shape index (κ1) is 15.7. The predicted molar refractivity (Wildman–Crippen MR) is 80.0 cm³/mol. The number of hydrogen-bond acceptors (Lipinski definition) is 5. The number of ether oxygens (including phenoxy) is 1. The number of rotatable bonds is 6. The fraction of sp³-hybridized carbons (Fsp3) is 0.267. The summed E-state index contributed by atoms with van der Waals surface area (Å²) in [5, 5.41) is 20.6. The molecule has 1 heterocycles. The van der Waals surface area contributed by atoms with Gasteiger partial charge in [0, 0.05) is 12.1 Å². The van der Waals surface area contributed by atoms with E-state index >= 15 is 0 Å². The average Bonchev–Trinajstić information content (AvgIpc) is 2.47.